The first-order chi connectivity index (χ1) is 6.65. The molecule has 0 fully saturated rings. The van der Waals surface area contributed by atoms with Crippen molar-refractivity contribution in [3.63, 3.8) is 0 Å². The lowest BCUT2D eigenvalue weighted by Crippen LogP contribution is -1.96. The van der Waals surface area contributed by atoms with Crippen molar-refractivity contribution in [2.45, 2.75) is 13.3 Å². The first-order valence-corrected chi connectivity index (χ1v) is 4.47. The third kappa shape index (κ3) is 2.64. The molecule has 0 aromatic heterocycles. The molecule has 0 saturated carbocycles. The van der Waals surface area contributed by atoms with Gasteiger partial charge in [-0.1, -0.05) is 12.1 Å². The summed E-state index contributed by atoms with van der Waals surface area (Å²) in [5.41, 5.74) is 6.93. The van der Waals surface area contributed by atoms with Crippen molar-refractivity contribution in [1.29, 1.82) is 0 Å². The standard InChI is InChI=1S/C11H13F2N/c1-8(3-2-6-14)9-4-5-10(12)11(13)7-9/h3-5,7H,2,6,14H2,1H3. The van der Waals surface area contributed by atoms with Gasteiger partial charge in [0.1, 0.15) is 0 Å². The summed E-state index contributed by atoms with van der Waals surface area (Å²) in [5.74, 6) is -1.64. The van der Waals surface area contributed by atoms with Gasteiger partial charge in [0.25, 0.3) is 0 Å². The average Bonchev–Trinajstić information content (AvgIpc) is 2.18. The third-order valence-corrected chi connectivity index (χ3v) is 1.99. The fourth-order valence-electron chi connectivity index (χ4n) is 1.16. The molecule has 0 unspecified atom stereocenters. The highest BCUT2D eigenvalue weighted by molar-refractivity contribution is 5.63. The Morgan fingerprint density at radius 2 is 2.07 bits per heavy atom. The second-order valence-corrected chi connectivity index (χ2v) is 3.09. The highest BCUT2D eigenvalue weighted by atomic mass is 19.2. The largest absolute Gasteiger partial charge is 0.330 e. The van der Waals surface area contributed by atoms with Crippen LogP contribution < -0.4 is 5.73 Å². The van der Waals surface area contributed by atoms with E-state index in [0.29, 0.717) is 12.1 Å². The van der Waals surface area contributed by atoms with E-state index in [1.165, 1.54) is 6.07 Å². The Hall–Kier alpha value is -1.22. The first kappa shape index (κ1) is 10.9. The van der Waals surface area contributed by atoms with E-state index in [2.05, 4.69) is 0 Å². The van der Waals surface area contributed by atoms with E-state index in [1.807, 2.05) is 13.0 Å². The summed E-state index contributed by atoms with van der Waals surface area (Å²) < 4.78 is 25.4. The minimum Gasteiger partial charge on any atom is -0.330 e. The molecule has 0 aliphatic heterocycles. The van der Waals surface area contributed by atoms with E-state index < -0.39 is 11.6 Å². The van der Waals surface area contributed by atoms with E-state index in [-0.39, 0.29) is 0 Å². The van der Waals surface area contributed by atoms with Crippen LogP contribution in [0.2, 0.25) is 0 Å². The zero-order valence-corrected chi connectivity index (χ0v) is 8.06. The summed E-state index contributed by atoms with van der Waals surface area (Å²) in [7, 11) is 0. The molecule has 0 bridgehead atoms. The third-order valence-electron chi connectivity index (χ3n) is 1.99. The van der Waals surface area contributed by atoms with Crippen LogP contribution in [0.15, 0.2) is 24.3 Å². The number of nitrogens with two attached hydrogens (primary N) is 1. The van der Waals surface area contributed by atoms with E-state index in [4.69, 9.17) is 5.73 Å². The molecule has 0 heterocycles. The van der Waals surface area contributed by atoms with Crippen LogP contribution in [-0.2, 0) is 0 Å². The van der Waals surface area contributed by atoms with Gasteiger partial charge in [0, 0.05) is 0 Å². The molecule has 0 saturated heterocycles. The predicted octanol–water partition coefficient (Wildman–Crippen LogP) is 2.72. The predicted molar refractivity (Wildman–Crippen MR) is 53.7 cm³/mol. The molecule has 0 spiro atoms. The van der Waals surface area contributed by atoms with E-state index >= 15 is 0 Å². The molecule has 3 heteroatoms. The van der Waals surface area contributed by atoms with Gasteiger partial charge in [-0.05, 0) is 43.2 Å². The Balaban J connectivity index is 2.91. The molecule has 2 N–H and O–H groups in total. The van der Waals surface area contributed by atoms with Gasteiger partial charge >= 0.3 is 0 Å². The number of hydrogen-bond acceptors (Lipinski definition) is 1. The lowest BCUT2D eigenvalue weighted by molar-refractivity contribution is 0.508. The Morgan fingerprint density at radius 3 is 2.64 bits per heavy atom. The van der Waals surface area contributed by atoms with E-state index in [9.17, 15) is 8.78 Å². The van der Waals surface area contributed by atoms with Crippen LogP contribution in [0, 0.1) is 11.6 Å². The molecule has 0 aliphatic carbocycles. The van der Waals surface area contributed by atoms with Crippen LogP contribution in [0.4, 0.5) is 8.78 Å². The van der Waals surface area contributed by atoms with Gasteiger partial charge in [-0.25, -0.2) is 8.78 Å². The normalized spacial score (nSPS) is 11.9. The van der Waals surface area contributed by atoms with Gasteiger partial charge in [0.2, 0.25) is 0 Å². The molecular weight excluding hydrogens is 184 g/mol. The van der Waals surface area contributed by atoms with Crippen LogP contribution in [0.1, 0.15) is 18.9 Å². The molecule has 76 valence electrons. The van der Waals surface area contributed by atoms with E-state index in [0.717, 1.165) is 18.1 Å². The van der Waals surface area contributed by atoms with Crippen LogP contribution in [-0.4, -0.2) is 6.54 Å². The molecule has 0 aliphatic rings. The summed E-state index contributed by atoms with van der Waals surface area (Å²) in [6.45, 7) is 2.41. The SMILES string of the molecule is CC(=CCCN)c1ccc(F)c(F)c1. The summed E-state index contributed by atoms with van der Waals surface area (Å²) in [4.78, 5) is 0. The summed E-state index contributed by atoms with van der Waals surface area (Å²) in [6.07, 6.45) is 2.65. The zero-order valence-electron chi connectivity index (χ0n) is 8.06. The molecule has 1 aromatic rings. The fourth-order valence-corrected chi connectivity index (χ4v) is 1.16. The van der Waals surface area contributed by atoms with Gasteiger partial charge in [0.05, 0.1) is 0 Å². The molecule has 1 rings (SSSR count). The molecule has 14 heavy (non-hydrogen) atoms. The average molecular weight is 197 g/mol. The Bertz CT molecular complexity index is 345. The monoisotopic (exact) mass is 197 g/mol. The van der Waals surface area contributed by atoms with Crippen molar-refractivity contribution in [2.24, 2.45) is 5.73 Å². The Labute approximate surface area is 82.2 Å². The number of hydrogen-bond donors (Lipinski definition) is 1. The van der Waals surface area contributed by atoms with Gasteiger partial charge in [-0.15, -0.1) is 0 Å². The highest BCUT2D eigenvalue weighted by Crippen LogP contribution is 2.17. The molecule has 0 amide bonds. The lowest BCUT2D eigenvalue weighted by atomic mass is 10.1. The van der Waals surface area contributed by atoms with Crippen molar-refractivity contribution in [1.82, 2.24) is 0 Å². The van der Waals surface area contributed by atoms with Gasteiger partial charge in [0.15, 0.2) is 11.6 Å². The summed E-state index contributed by atoms with van der Waals surface area (Å²) in [5, 5.41) is 0. The molecule has 1 nitrogen and oxygen atoms in total. The summed E-state index contributed by atoms with van der Waals surface area (Å²) in [6, 6.07) is 3.88. The van der Waals surface area contributed by atoms with Gasteiger partial charge in [-0.3, -0.25) is 0 Å². The van der Waals surface area contributed by atoms with Crippen molar-refractivity contribution >= 4 is 5.57 Å². The number of allylic oxidation sites excluding steroid dienone is 1. The number of benzene rings is 1. The topological polar surface area (TPSA) is 26.0 Å². The fraction of sp³-hybridized carbons (Fsp3) is 0.273. The molecule has 0 atom stereocenters. The second-order valence-electron chi connectivity index (χ2n) is 3.09. The first-order valence-electron chi connectivity index (χ1n) is 4.47. The second kappa shape index (κ2) is 4.86. The van der Waals surface area contributed by atoms with Crippen molar-refractivity contribution < 1.29 is 8.78 Å². The van der Waals surface area contributed by atoms with Crippen LogP contribution in [0.25, 0.3) is 5.57 Å². The van der Waals surface area contributed by atoms with Gasteiger partial charge < -0.3 is 5.73 Å². The summed E-state index contributed by atoms with van der Waals surface area (Å²) >= 11 is 0. The van der Waals surface area contributed by atoms with Crippen LogP contribution in [0.3, 0.4) is 0 Å². The Morgan fingerprint density at radius 1 is 1.36 bits per heavy atom. The molecule has 0 radical (unpaired) electrons. The maximum Gasteiger partial charge on any atom is 0.159 e. The molecular formula is C11H13F2N. The Kier molecular flexibility index (Phi) is 3.77. The quantitative estimate of drug-likeness (QED) is 0.792. The highest BCUT2D eigenvalue weighted by Gasteiger charge is 2.02. The lowest BCUT2D eigenvalue weighted by Gasteiger charge is -2.02. The minimum atomic E-state index is -0.819. The number of rotatable bonds is 3. The van der Waals surface area contributed by atoms with Crippen molar-refractivity contribution in [3.8, 4) is 0 Å². The van der Waals surface area contributed by atoms with E-state index in [1.54, 1.807) is 6.07 Å². The smallest absolute Gasteiger partial charge is 0.159 e. The zero-order chi connectivity index (χ0) is 10.6. The molecule has 1 aromatic carbocycles. The maximum absolute atomic E-state index is 12.8. The maximum atomic E-state index is 12.8. The van der Waals surface area contributed by atoms with Crippen molar-refractivity contribution in [3.05, 3.63) is 41.5 Å². The van der Waals surface area contributed by atoms with Crippen LogP contribution in [0.5, 0.6) is 0 Å². The van der Waals surface area contributed by atoms with Crippen molar-refractivity contribution in [2.75, 3.05) is 6.54 Å². The minimum absolute atomic E-state index is 0.557. The number of halogens is 2. The van der Waals surface area contributed by atoms with Gasteiger partial charge in [-0.2, -0.15) is 0 Å². The van der Waals surface area contributed by atoms with Crippen LogP contribution >= 0.6 is 0 Å².